The van der Waals surface area contributed by atoms with E-state index < -0.39 is 0 Å². The van der Waals surface area contributed by atoms with Crippen LogP contribution in [0.5, 0.6) is 0 Å². The maximum atomic E-state index is 12.3. The van der Waals surface area contributed by atoms with Gasteiger partial charge in [-0.05, 0) is 98.7 Å². The molecule has 1 heteroatoms. The van der Waals surface area contributed by atoms with Crippen LogP contribution in [0.2, 0.25) is 0 Å². The van der Waals surface area contributed by atoms with Gasteiger partial charge in [0.05, 0.1) is 0 Å². The van der Waals surface area contributed by atoms with Crippen molar-refractivity contribution in [2.45, 2.75) is 91.4 Å². The molecule has 0 heterocycles. The summed E-state index contributed by atoms with van der Waals surface area (Å²) in [6, 6.07) is 0. The van der Waals surface area contributed by atoms with Crippen molar-refractivity contribution in [3.8, 4) is 0 Å². The lowest BCUT2D eigenvalue weighted by atomic mass is 9.45. The Hall–Kier alpha value is -0.590. The van der Waals surface area contributed by atoms with Gasteiger partial charge in [0.2, 0.25) is 0 Å². The maximum absolute atomic E-state index is 12.3. The standard InChI is InChI=1S/C25H40O/c1-5-7-18-8-9-23-20-12-14-24(4)21(17(3)26)10-11-22(24)19(20)13-15-25(23,6-2)16-18/h6,18-23H,2,5,7-16H2,1,3-4H3/t18-,19+,20?,21+,22?,23+,24+,25+/m0/s1. The predicted octanol–water partition coefficient (Wildman–Crippen LogP) is 6.82. The van der Waals surface area contributed by atoms with Crippen molar-refractivity contribution in [2.75, 3.05) is 0 Å². The fourth-order valence-electron chi connectivity index (χ4n) is 8.75. The lowest BCUT2D eigenvalue weighted by Crippen LogP contribution is -2.52. The molecular formula is C25H40O. The first-order chi connectivity index (χ1) is 12.4. The quantitative estimate of drug-likeness (QED) is 0.505. The Labute approximate surface area is 161 Å². The molecule has 26 heavy (non-hydrogen) atoms. The van der Waals surface area contributed by atoms with Crippen molar-refractivity contribution in [3.63, 3.8) is 0 Å². The first kappa shape index (κ1) is 18.8. The van der Waals surface area contributed by atoms with Gasteiger partial charge in [0.15, 0.2) is 0 Å². The van der Waals surface area contributed by atoms with Gasteiger partial charge in [0.1, 0.15) is 5.78 Å². The van der Waals surface area contributed by atoms with E-state index in [4.69, 9.17) is 0 Å². The molecule has 0 radical (unpaired) electrons. The summed E-state index contributed by atoms with van der Waals surface area (Å²) in [7, 11) is 0. The van der Waals surface area contributed by atoms with Crippen LogP contribution in [0.1, 0.15) is 91.4 Å². The molecule has 0 bridgehead atoms. The highest BCUT2D eigenvalue weighted by Gasteiger charge is 2.60. The molecule has 0 spiro atoms. The predicted molar refractivity (Wildman–Crippen MR) is 109 cm³/mol. The minimum absolute atomic E-state index is 0.306. The molecule has 4 saturated carbocycles. The van der Waals surface area contributed by atoms with E-state index in [2.05, 4.69) is 26.5 Å². The minimum atomic E-state index is 0.306. The Bertz CT molecular complexity index is 565. The molecule has 0 aromatic rings. The topological polar surface area (TPSA) is 17.1 Å². The largest absolute Gasteiger partial charge is 0.300 e. The molecule has 0 saturated heterocycles. The third-order valence-corrected chi connectivity index (χ3v) is 9.84. The Morgan fingerprint density at radius 2 is 1.73 bits per heavy atom. The number of carbonyl (C=O) groups is 1. The summed E-state index contributed by atoms with van der Waals surface area (Å²) in [5, 5.41) is 0. The molecule has 4 fully saturated rings. The van der Waals surface area contributed by atoms with Crippen molar-refractivity contribution in [3.05, 3.63) is 12.7 Å². The van der Waals surface area contributed by atoms with E-state index in [9.17, 15) is 4.79 Å². The number of hydrogen-bond donors (Lipinski definition) is 0. The molecule has 4 aliphatic carbocycles. The van der Waals surface area contributed by atoms with Crippen LogP contribution in [-0.4, -0.2) is 5.78 Å². The van der Waals surface area contributed by atoms with Gasteiger partial charge >= 0.3 is 0 Å². The number of hydrogen-bond acceptors (Lipinski definition) is 1. The van der Waals surface area contributed by atoms with Crippen LogP contribution in [0, 0.1) is 46.3 Å². The highest BCUT2D eigenvalue weighted by molar-refractivity contribution is 5.79. The monoisotopic (exact) mass is 356 g/mol. The summed E-state index contributed by atoms with van der Waals surface area (Å²) in [4.78, 5) is 12.3. The van der Waals surface area contributed by atoms with Crippen LogP contribution in [0.3, 0.4) is 0 Å². The van der Waals surface area contributed by atoms with Gasteiger partial charge in [-0.25, -0.2) is 0 Å². The molecule has 2 unspecified atom stereocenters. The summed E-state index contributed by atoms with van der Waals surface area (Å²) < 4.78 is 0. The summed E-state index contributed by atoms with van der Waals surface area (Å²) in [6.45, 7) is 11.0. The SMILES string of the molecule is C=C[C@]12CC[C@@H]3C(CC[C@@]4(C)C3CC[C@@H]4C(C)=O)[C@H]1CC[C@H](CCC)C2. The third kappa shape index (κ3) is 2.67. The number of allylic oxidation sites excluding steroid dienone is 1. The normalized spacial score (nSPS) is 50.4. The second-order valence-electron chi connectivity index (χ2n) is 10.7. The van der Waals surface area contributed by atoms with E-state index >= 15 is 0 Å². The van der Waals surface area contributed by atoms with Gasteiger partial charge in [0.25, 0.3) is 0 Å². The first-order valence-electron chi connectivity index (χ1n) is 11.6. The fourth-order valence-corrected chi connectivity index (χ4v) is 8.75. The van der Waals surface area contributed by atoms with Crippen molar-refractivity contribution >= 4 is 5.78 Å². The number of carbonyl (C=O) groups excluding carboxylic acids is 1. The van der Waals surface area contributed by atoms with Gasteiger partial charge in [-0.15, -0.1) is 6.58 Å². The smallest absolute Gasteiger partial charge is 0.133 e. The molecule has 4 aliphatic rings. The average molecular weight is 357 g/mol. The minimum Gasteiger partial charge on any atom is -0.300 e. The molecular weight excluding hydrogens is 316 g/mol. The van der Waals surface area contributed by atoms with Crippen LogP contribution in [0.25, 0.3) is 0 Å². The van der Waals surface area contributed by atoms with E-state index in [1.807, 2.05) is 6.92 Å². The molecule has 0 amide bonds. The lowest BCUT2D eigenvalue weighted by molar-refractivity contribution is -0.130. The van der Waals surface area contributed by atoms with Gasteiger partial charge < -0.3 is 0 Å². The average Bonchev–Trinajstić information content (AvgIpc) is 2.99. The van der Waals surface area contributed by atoms with E-state index in [1.54, 1.807) is 0 Å². The third-order valence-electron chi connectivity index (χ3n) is 9.84. The Balaban J connectivity index is 1.57. The molecule has 4 rings (SSSR count). The second kappa shape index (κ2) is 6.78. The molecule has 1 nitrogen and oxygen atoms in total. The molecule has 0 N–H and O–H groups in total. The number of rotatable bonds is 4. The lowest BCUT2D eigenvalue weighted by Gasteiger charge is -2.60. The Morgan fingerprint density at radius 1 is 1.04 bits per heavy atom. The van der Waals surface area contributed by atoms with Gasteiger partial charge in [0, 0.05) is 5.92 Å². The second-order valence-corrected chi connectivity index (χ2v) is 10.7. The van der Waals surface area contributed by atoms with Crippen LogP contribution < -0.4 is 0 Å². The summed E-state index contributed by atoms with van der Waals surface area (Å²) in [5.41, 5.74) is 0.742. The van der Waals surface area contributed by atoms with Crippen molar-refractivity contribution in [1.82, 2.24) is 0 Å². The van der Waals surface area contributed by atoms with Crippen molar-refractivity contribution in [1.29, 1.82) is 0 Å². The van der Waals surface area contributed by atoms with E-state index in [0.29, 0.717) is 22.5 Å². The zero-order valence-corrected chi connectivity index (χ0v) is 17.4. The molecule has 0 aromatic heterocycles. The number of fused-ring (bicyclic) bond motifs is 5. The first-order valence-corrected chi connectivity index (χ1v) is 11.6. The Morgan fingerprint density at radius 3 is 2.42 bits per heavy atom. The highest BCUT2D eigenvalue weighted by Crippen LogP contribution is 2.67. The molecule has 0 aliphatic heterocycles. The fraction of sp³-hybridized carbons (Fsp3) is 0.880. The van der Waals surface area contributed by atoms with E-state index in [0.717, 1.165) is 36.0 Å². The summed E-state index contributed by atoms with van der Waals surface area (Å²) >= 11 is 0. The maximum Gasteiger partial charge on any atom is 0.133 e. The van der Waals surface area contributed by atoms with Crippen LogP contribution in [-0.2, 0) is 4.79 Å². The van der Waals surface area contributed by atoms with Crippen LogP contribution >= 0.6 is 0 Å². The summed E-state index contributed by atoms with van der Waals surface area (Å²) in [6.07, 6.45) is 17.4. The van der Waals surface area contributed by atoms with Gasteiger partial charge in [-0.3, -0.25) is 4.79 Å². The highest BCUT2D eigenvalue weighted by atomic mass is 16.1. The van der Waals surface area contributed by atoms with Crippen LogP contribution in [0.15, 0.2) is 12.7 Å². The van der Waals surface area contributed by atoms with Gasteiger partial charge in [-0.1, -0.05) is 39.2 Å². The van der Waals surface area contributed by atoms with Gasteiger partial charge in [-0.2, -0.15) is 0 Å². The zero-order valence-electron chi connectivity index (χ0n) is 17.4. The molecule has 0 aromatic carbocycles. The van der Waals surface area contributed by atoms with Crippen molar-refractivity contribution < 1.29 is 4.79 Å². The number of Topliss-reactive ketones (excluding diaryl/α,β-unsaturated/α-hetero) is 1. The zero-order chi connectivity index (χ0) is 18.5. The molecule has 146 valence electrons. The van der Waals surface area contributed by atoms with E-state index in [1.165, 1.54) is 64.2 Å². The molecule has 8 atom stereocenters. The van der Waals surface area contributed by atoms with E-state index in [-0.39, 0.29) is 0 Å². The number of ketones is 1. The van der Waals surface area contributed by atoms with Crippen LogP contribution in [0.4, 0.5) is 0 Å². The summed E-state index contributed by atoms with van der Waals surface area (Å²) in [5.74, 6) is 5.24. The van der Waals surface area contributed by atoms with Crippen molar-refractivity contribution in [2.24, 2.45) is 46.3 Å². The Kier molecular flexibility index (Phi) is 4.89.